The molecule has 2 rings (SSSR count). The van der Waals surface area contributed by atoms with Gasteiger partial charge >= 0.3 is 11.9 Å². The lowest BCUT2D eigenvalue weighted by atomic mass is 9.88. The summed E-state index contributed by atoms with van der Waals surface area (Å²) in [6, 6.07) is 15.7. The molecule has 0 spiro atoms. The number of esters is 2. The zero-order chi connectivity index (χ0) is 42.8. The lowest BCUT2D eigenvalue weighted by Crippen LogP contribution is -2.28. The first kappa shape index (κ1) is 52.1. The molecule has 0 saturated carbocycles. The standard InChI is InChI=1S/C53H88O6/c1-5-33-45(47-37-29-31-39-49(47)54)35-25-21-17-13-9-7-11-15-19-23-27-41-51(56)58-43-53(3,4)44-59-52(57)42-28-24-20-16-12-8-10-14-18-22-26-36-46(34-6-2)48-38-30-32-40-50(48)55/h29-32,37-40,45-46,54-55H,5-28,33-36,41-44H2,1-4H3. The van der Waals surface area contributed by atoms with Crippen molar-refractivity contribution < 1.29 is 29.3 Å². The van der Waals surface area contributed by atoms with Crippen molar-refractivity contribution in [1.29, 1.82) is 0 Å². The highest BCUT2D eigenvalue weighted by molar-refractivity contribution is 5.69. The number of ether oxygens (including phenoxy) is 2. The number of benzene rings is 2. The molecule has 2 atom stereocenters. The van der Waals surface area contributed by atoms with E-state index in [0.29, 0.717) is 36.2 Å². The van der Waals surface area contributed by atoms with Crippen molar-refractivity contribution >= 4 is 11.9 Å². The van der Waals surface area contributed by atoms with Crippen LogP contribution in [-0.4, -0.2) is 35.4 Å². The molecule has 0 radical (unpaired) electrons. The van der Waals surface area contributed by atoms with Crippen LogP contribution in [-0.2, 0) is 19.1 Å². The van der Waals surface area contributed by atoms with E-state index < -0.39 is 5.41 Å². The SMILES string of the molecule is CCCC(CCCCCCCCCCCCCC(=O)OCC(C)(C)COC(=O)CCCCCCCCCCCCCC(CCC)c1ccccc1O)c1ccccc1O. The van der Waals surface area contributed by atoms with Crippen molar-refractivity contribution in [3.63, 3.8) is 0 Å². The second kappa shape index (κ2) is 33.7. The molecule has 0 bridgehead atoms. The Balaban J connectivity index is 1.34. The van der Waals surface area contributed by atoms with Crippen LogP contribution in [0.1, 0.15) is 243 Å². The lowest BCUT2D eigenvalue weighted by molar-refractivity contribution is -0.152. The van der Waals surface area contributed by atoms with Gasteiger partial charge in [0, 0.05) is 18.3 Å². The lowest BCUT2D eigenvalue weighted by Gasteiger charge is -2.23. The molecular weight excluding hydrogens is 733 g/mol. The van der Waals surface area contributed by atoms with Gasteiger partial charge in [-0.3, -0.25) is 9.59 Å². The van der Waals surface area contributed by atoms with Crippen LogP contribution in [0, 0.1) is 5.41 Å². The summed E-state index contributed by atoms with van der Waals surface area (Å²) in [6.45, 7) is 8.97. The average molecular weight is 821 g/mol. The van der Waals surface area contributed by atoms with Crippen LogP contribution in [0.2, 0.25) is 0 Å². The number of carbonyl (C=O) groups is 2. The van der Waals surface area contributed by atoms with E-state index >= 15 is 0 Å². The predicted octanol–water partition coefficient (Wildman–Crippen LogP) is 15.8. The molecule has 6 heteroatoms. The average Bonchev–Trinajstić information content (AvgIpc) is 3.22. The normalized spacial score (nSPS) is 12.7. The maximum Gasteiger partial charge on any atom is 0.305 e. The summed E-state index contributed by atoms with van der Waals surface area (Å²) in [4.78, 5) is 24.7. The number of rotatable bonds is 38. The molecule has 0 aromatic heterocycles. The van der Waals surface area contributed by atoms with E-state index in [1.54, 1.807) is 0 Å². The van der Waals surface area contributed by atoms with Gasteiger partial charge in [0.2, 0.25) is 0 Å². The summed E-state index contributed by atoms with van der Waals surface area (Å²) in [5, 5.41) is 20.5. The van der Waals surface area contributed by atoms with Gasteiger partial charge in [0.1, 0.15) is 11.5 Å². The summed E-state index contributed by atoms with van der Waals surface area (Å²) in [5.74, 6) is 1.56. The van der Waals surface area contributed by atoms with Crippen LogP contribution in [0.5, 0.6) is 11.5 Å². The number of para-hydroxylation sites is 2. The van der Waals surface area contributed by atoms with E-state index in [0.717, 1.165) is 62.5 Å². The van der Waals surface area contributed by atoms with Gasteiger partial charge in [-0.2, -0.15) is 0 Å². The van der Waals surface area contributed by atoms with Gasteiger partial charge < -0.3 is 19.7 Å². The molecule has 2 aromatic rings. The zero-order valence-electron chi connectivity index (χ0n) is 38.4. The van der Waals surface area contributed by atoms with Gasteiger partial charge in [-0.15, -0.1) is 0 Å². The highest BCUT2D eigenvalue weighted by Gasteiger charge is 2.23. The fraction of sp³-hybridized carbons (Fsp3) is 0.736. The van der Waals surface area contributed by atoms with Crippen molar-refractivity contribution in [2.45, 2.75) is 232 Å². The number of unbranched alkanes of at least 4 members (excludes halogenated alkanes) is 20. The molecule has 0 saturated heterocycles. The maximum absolute atomic E-state index is 12.3. The third-order valence-electron chi connectivity index (χ3n) is 12.1. The van der Waals surface area contributed by atoms with E-state index in [1.165, 1.54) is 128 Å². The topological polar surface area (TPSA) is 93.1 Å². The second-order valence-corrected chi connectivity index (χ2v) is 18.4. The van der Waals surface area contributed by atoms with E-state index in [1.807, 2.05) is 50.2 Å². The van der Waals surface area contributed by atoms with Crippen LogP contribution in [0.4, 0.5) is 0 Å². The Labute approximate surface area is 362 Å². The minimum atomic E-state index is -0.390. The number of phenolic OH excluding ortho intramolecular Hbond substituents is 2. The fourth-order valence-corrected chi connectivity index (χ4v) is 8.51. The Hall–Kier alpha value is -3.02. The number of hydrogen-bond acceptors (Lipinski definition) is 6. The number of phenols is 2. The van der Waals surface area contributed by atoms with E-state index in [2.05, 4.69) is 26.0 Å². The van der Waals surface area contributed by atoms with E-state index in [4.69, 9.17) is 9.47 Å². The first-order valence-corrected chi connectivity index (χ1v) is 24.5. The van der Waals surface area contributed by atoms with Crippen molar-refractivity contribution in [2.75, 3.05) is 13.2 Å². The van der Waals surface area contributed by atoms with Crippen LogP contribution in [0.15, 0.2) is 48.5 Å². The molecule has 0 heterocycles. The van der Waals surface area contributed by atoms with Crippen molar-refractivity contribution in [3.8, 4) is 11.5 Å². The number of carbonyl (C=O) groups excluding carboxylic acids is 2. The molecule has 0 aliphatic carbocycles. The molecule has 59 heavy (non-hydrogen) atoms. The van der Waals surface area contributed by atoms with Gasteiger partial charge in [0.25, 0.3) is 0 Å². The van der Waals surface area contributed by atoms with Crippen molar-refractivity contribution in [1.82, 2.24) is 0 Å². The molecule has 2 N–H and O–H groups in total. The van der Waals surface area contributed by atoms with Crippen LogP contribution in [0.25, 0.3) is 0 Å². The third-order valence-corrected chi connectivity index (χ3v) is 12.1. The van der Waals surface area contributed by atoms with E-state index in [9.17, 15) is 19.8 Å². The molecular formula is C53H88O6. The molecule has 2 aromatic carbocycles. The Bertz CT molecular complexity index is 1240. The van der Waals surface area contributed by atoms with Crippen LogP contribution >= 0.6 is 0 Å². The van der Waals surface area contributed by atoms with Gasteiger partial charge in [0.05, 0.1) is 13.2 Å². The van der Waals surface area contributed by atoms with Gasteiger partial charge in [0.15, 0.2) is 0 Å². The Morgan fingerprint density at radius 2 is 0.746 bits per heavy atom. The molecule has 0 aliphatic rings. The summed E-state index contributed by atoms with van der Waals surface area (Å²) in [6.07, 6.45) is 34.5. The Morgan fingerprint density at radius 3 is 1.05 bits per heavy atom. The van der Waals surface area contributed by atoms with Crippen molar-refractivity contribution in [2.24, 2.45) is 5.41 Å². The van der Waals surface area contributed by atoms with Gasteiger partial charge in [-0.1, -0.05) is 205 Å². The number of aromatic hydroxyl groups is 2. The smallest absolute Gasteiger partial charge is 0.305 e. The number of hydrogen-bond donors (Lipinski definition) is 2. The summed E-state index contributed by atoms with van der Waals surface area (Å²) >= 11 is 0. The quantitative estimate of drug-likeness (QED) is 0.0518. The molecule has 6 nitrogen and oxygen atoms in total. The molecule has 2 unspecified atom stereocenters. The Morgan fingerprint density at radius 1 is 0.458 bits per heavy atom. The highest BCUT2D eigenvalue weighted by atomic mass is 16.5. The summed E-state index contributed by atoms with van der Waals surface area (Å²) in [5.41, 5.74) is 1.85. The van der Waals surface area contributed by atoms with Gasteiger partial charge in [-0.05, 0) is 73.6 Å². The first-order valence-electron chi connectivity index (χ1n) is 24.5. The van der Waals surface area contributed by atoms with Crippen LogP contribution < -0.4 is 0 Å². The van der Waals surface area contributed by atoms with Crippen LogP contribution in [0.3, 0.4) is 0 Å². The predicted molar refractivity (Wildman–Crippen MR) is 247 cm³/mol. The highest BCUT2D eigenvalue weighted by Crippen LogP contribution is 2.34. The second-order valence-electron chi connectivity index (χ2n) is 18.4. The van der Waals surface area contributed by atoms with Gasteiger partial charge in [-0.25, -0.2) is 0 Å². The molecule has 336 valence electrons. The molecule has 0 aliphatic heterocycles. The third kappa shape index (κ3) is 26.0. The molecule has 0 amide bonds. The maximum atomic E-state index is 12.3. The minimum absolute atomic E-state index is 0.149. The first-order chi connectivity index (χ1) is 28.7. The van der Waals surface area contributed by atoms with E-state index in [-0.39, 0.29) is 25.2 Å². The summed E-state index contributed by atoms with van der Waals surface area (Å²) < 4.78 is 11.1. The molecule has 0 fully saturated rings. The zero-order valence-corrected chi connectivity index (χ0v) is 38.4. The van der Waals surface area contributed by atoms with Crippen molar-refractivity contribution in [3.05, 3.63) is 59.7 Å². The monoisotopic (exact) mass is 821 g/mol. The minimum Gasteiger partial charge on any atom is -0.508 e. The summed E-state index contributed by atoms with van der Waals surface area (Å²) in [7, 11) is 0. The Kier molecular flexibility index (Phi) is 29.7. The fourth-order valence-electron chi connectivity index (χ4n) is 8.51. The largest absolute Gasteiger partial charge is 0.508 e.